The van der Waals surface area contributed by atoms with E-state index in [0.717, 1.165) is 43.1 Å². The van der Waals surface area contributed by atoms with Crippen LogP contribution in [-0.2, 0) is 32.2 Å². The molecule has 6 nitrogen and oxygen atoms in total. The van der Waals surface area contributed by atoms with Crippen LogP contribution in [0.4, 0.5) is 5.69 Å². The molecule has 2 aromatic rings. The molecule has 1 aromatic heterocycles. The van der Waals surface area contributed by atoms with Crippen molar-refractivity contribution in [1.29, 1.82) is 0 Å². The largest absolute Gasteiger partial charge is 0.370 e. The van der Waals surface area contributed by atoms with E-state index in [1.54, 1.807) is 0 Å². The predicted octanol–water partition coefficient (Wildman–Crippen LogP) is 3.47. The minimum Gasteiger partial charge on any atom is -0.370 e. The van der Waals surface area contributed by atoms with Gasteiger partial charge >= 0.3 is 0 Å². The van der Waals surface area contributed by atoms with E-state index in [1.165, 1.54) is 49.7 Å². The number of anilines is 1. The van der Waals surface area contributed by atoms with E-state index in [4.69, 9.17) is 5.73 Å². The van der Waals surface area contributed by atoms with Crippen molar-refractivity contribution in [3.8, 4) is 0 Å². The number of nitrogens with two attached hydrogens (primary N) is 1. The number of nitrogens with zero attached hydrogens (tertiary/aromatic N) is 4. The van der Waals surface area contributed by atoms with Crippen molar-refractivity contribution in [3.05, 3.63) is 41.0 Å². The molecular formula is C20H29IN6. The van der Waals surface area contributed by atoms with Gasteiger partial charge in [0.25, 0.3) is 0 Å². The van der Waals surface area contributed by atoms with E-state index in [1.807, 2.05) is 0 Å². The van der Waals surface area contributed by atoms with Gasteiger partial charge in [-0.1, -0.05) is 12.5 Å². The van der Waals surface area contributed by atoms with Crippen molar-refractivity contribution >= 4 is 35.6 Å². The monoisotopic (exact) mass is 480 g/mol. The number of aryl methyl sites for hydroxylation is 4. The van der Waals surface area contributed by atoms with Gasteiger partial charge in [-0.15, -0.1) is 34.2 Å². The summed E-state index contributed by atoms with van der Waals surface area (Å²) in [5.41, 5.74) is 10.00. The highest BCUT2D eigenvalue weighted by Crippen LogP contribution is 2.24. The first-order chi connectivity index (χ1) is 12.8. The Morgan fingerprint density at radius 2 is 1.96 bits per heavy atom. The summed E-state index contributed by atoms with van der Waals surface area (Å²) in [4.78, 5) is 4.47. The second kappa shape index (κ2) is 9.52. The molecule has 0 saturated heterocycles. The van der Waals surface area contributed by atoms with E-state index in [-0.39, 0.29) is 24.0 Å². The molecule has 0 amide bonds. The quantitative estimate of drug-likeness (QED) is 0.297. The van der Waals surface area contributed by atoms with Crippen LogP contribution >= 0.6 is 24.0 Å². The number of hydrogen-bond donors (Lipinski definition) is 2. The molecule has 1 aliphatic carbocycles. The highest BCUT2D eigenvalue weighted by molar-refractivity contribution is 14.0. The smallest absolute Gasteiger partial charge is 0.193 e. The summed E-state index contributed by atoms with van der Waals surface area (Å²) in [5.74, 6) is 2.74. The van der Waals surface area contributed by atoms with E-state index in [0.29, 0.717) is 12.5 Å². The Balaban J connectivity index is 0.00000210. The molecule has 2 aliphatic rings. The molecule has 0 spiro atoms. The van der Waals surface area contributed by atoms with Crippen molar-refractivity contribution in [2.75, 3.05) is 11.9 Å². The molecule has 1 aromatic carbocycles. The number of rotatable bonds is 5. The van der Waals surface area contributed by atoms with Crippen LogP contribution in [0.5, 0.6) is 0 Å². The molecule has 0 saturated carbocycles. The van der Waals surface area contributed by atoms with Crippen LogP contribution in [0.15, 0.2) is 23.2 Å². The topological polar surface area (TPSA) is 81.1 Å². The number of hydrogen-bond acceptors (Lipinski definition) is 3. The summed E-state index contributed by atoms with van der Waals surface area (Å²) in [6, 6.07) is 6.50. The zero-order chi connectivity index (χ0) is 17.8. The molecule has 2 heterocycles. The van der Waals surface area contributed by atoms with Crippen molar-refractivity contribution in [2.24, 2.45) is 10.7 Å². The van der Waals surface area contributed by atoms with Gasteiger partial charge in [-0.25, -0.2) is 0 Å². The average Bonchev–Trinajstić information content (AvgIpc) is 3.19. The normalized spacial score (nSPS) is 16.2. The lowest BCUT2D eigenvalue weighted by Crippen LogP contribution is -2.23. The highest BCUT2D eigenvalue weighted by Gasteiger charge is 2.14. The number of aliphatic imine (C=N–C) groups is 1. The lowest BCUT2D eigenvalue weighted by molar-refractivity contribution is 0.598. The first kappa shape index (κ1) is 20.1. The summed E-state index contributed by atoms with van der Waals surface area (Å²) < 4.78 is 2.31. The zero-order valence-corrected chi connectivity index (χ0v) is 18.1. The molecule has 0 fully saturated rings. The Hall–Kier alpha value is -1.64. The molecular weight excluding hydrogens is 451 g/mol. The first-order valence-electron chi connectivity index (χ1n) is 9.89. The third-order valence-corrected chi connectivity index (χ3v) is 5.40. The number of halogens is 1. The molecule has 0 radical (unpaired) electrons. The molecule has 146 valence electrons. The van der Waals surface area contributed by atoms with Gasteiger partial charge in [-0.2, -0.15) is 0 Å². The standard InChI is InChI=1S/C20H28N6.HI/c21-20(23-17-11-10-15-6-4-7-16(15)14-17)22-12-5-9-19-25-24-18-8-2-1-3-13-26(18)19;/h10-11,14H,1-9,12-13H2,(H3,21,22,23);1H. The Labute approximate surface area is 178 Å². The van der Waals surface area contributed by atoms with Gasteiger partial charge < -0.3 is 15.6 Å². The van der Waals surface area contributed by atoms with Gasteiger partial charge in [0.05, 0.1) is 0 Å². The van der Waals surface area contributed by atoms with Gasteiger partial charge in [-0.05, 0) is 61.8 Å². The summed E-state index contributed by atoms with van der Waals surface area (Å²) in [7, 11) is 0. The number of guanidine groups is 1. The molecule has 0 bridgehead atoms. The predicted molar refractivity (Wildman–Crippen MR) is 120 cm³/mol. The van der Waals surface area contributed by atoms with Crippen LogP contribution in [0.25, 0.3) is 0 Å². The molecule has 1 aliphatic heterocycles. The summed E-state index contributed by atoms with van der Waals surface area (Å²) in [6.07, 6.45) is 10.3. The highest BCUT2D eigenvalue weighted by atomic mass is 127. The van der Waals surface area contributed by atoms with E-state index >= 15 is 0 Å². The minimum absolute atomic E-state index is 0. The summed E-state index contributed by atoms with van der Waals surface area (Å²) in [5, 5.41) is 11.9. The summed E-state index contributed by atoms with van der Waals surface area (Å²) in [6.45, 7) is 1.76. The summed E-state index contributed by atoms with van der Waals surface area (Å²) >= 11 is 0. The maximum atomic E-state index is 6.05. The second-order valence-electron chi connectivity index (χ2n) is 7.33. The van der Waals surface area contributed by atoms with Crippen molar-refractivity contribution < 1.29 is 0 Å². The zero-order valence-electron chi connectivity index (χ0n) is 15.8. The van der Waals surface area contributed by atoms with Gasteiger partial charge in [0, 0.05) is 31.6 Å². The fourth-order valence-corrected chi connectivity index (χ4v) is 4.00. The number of benzene rings is 1. The number of fused-ring (bicyclic) bond motifs is 2. The lowest BCUT2D eigenvalue weighted by Gasteiger charge is -2.08. The third kappa shape index (κ3) is 5.00. The molecule has 0 atom stereocenters. The molecule has 0 unspecified atom stereocenters. The van der Waals surface area contributed by atoms with E-state index in [2.05, 4.69) is 43.3 Å². The van der Waals surface area contributed by atoms with Crippen LogP contribution < -0.4 is 11.1 Å². The van der Waals surface area contributed by atoms with Crippen LogP contribution in [0.3, 0.4) is 0 Å². The first-order valence-corrected chi connectivity index (χ1v) is 9.89. The SMILES string of the molecule is I.NC(=NCCCc1nnc2n1CCCCC2)Nc1ccc2c(c1)CCC2. The molecule has 27 heavy (non-hydrogen) atoms. The minimum atomic E-state index is 0. The van der Waals surface area contributed by atoms with Crippen molar-refractivity contribution in [2.45, 2.75) is 64.3 Å². The maximum absolute atomic E-state index is 6.05. The van der Waals surface area contributed by atoms with Crippen LogP contribution in [0, 0.1) is 0 Å². The molecule has 3 N–H and O–H groups in total. The van der Waals surface area contributed by atoms with Gasteiger partial charge in [0.1, 0.15) is 11.6 Å². The van der Waals surface area contributed by atoms with Crippen molar-refractivity contribution in [3.63, 3.8) is 0 Å². The lowest BCUT2D eigenvalue weighted by atomic mass is 10.1. The fraction of sp³-hybridized carbons (Fsp3) is 0.550. The van der Waals surface area contributed by atoms with Crippen LogP contribution in [0.2, 0.25) is 0 Å². The van der Waals surface area contributed by atoms with E-state index in [9.17, 15) is 0 Å². The number of aromatic nitrogens is 3. The van der Waals surface area contributed by atoms with Gasteiger partial charge in [0.2, 0.25) is 0 Å². The Kier molecular flexibility index (Phi) is 7.09. The van der Waals surface area contributed by atoms with E-state index < -0.39 is 0 Å². The van der Waals surface area contributed by atoms with Gasteiger partial charge in [-0.3, -0.25) is 4.99 Å². The molecule has 4 rings (SSSR count). The Morgan fingerprint density at radius 3 is 2.89 bits per heavy atom. The Morgan fingerprint density at radius 1 is 1.07 bits per heavy atom. The molecule has 7 heteroatoms. The fourth-order valence-electron chi connectivity index (χ4n) is 4.00. The average molecular weight is 480 g/mol. The van der Waals surface area contributed by atoms with Crippen LogP contribution in [0.1, 0.15) is 54.9 Å². The second-order valence-corrected chi connectivity index (χ2v) is 7.33. The Bertz CT molecular complexity index is 798. The third-order valence-electron chi connectivity index (χ3n) is 5.40. The number of nitrogens with one attached hydrogen (secondary N) is 1. The van der Waals surface area contributed by atoms with Crippen LogP contribution in [-0.4, -0.2) is 27.3 Å². The maximum Gasteiger partial charge on any atom is 0.193 e. The van der Waals surface area contributed by atoms with Crippen molar-refractivity contribution in [1.82, 2.24) is 14.8 Å². The van der Waals surface area contributed by atoms with Gasteiger partial charge in [0.15, 0.2) is 5.96 Å².